The second-order valence-electron chi connectivity index (χ2n) is 6.54. The van der Waals surface area contributed by atoms with Crippen LogP contribution >= 0.6 is 0 Å². The Balaban J connectivity index is 1.75. The van der Waals surface area contributed by atoms with Crippen molar-refractivity contribution in [2.24, 2.45) is 5.92 Å². The van der Waals surface area contributed by atoms with Crippen molar-refractivity contribution in [1.82, 2.24) is 9.80 Å². The van der Waals surface area contributed by atoms with Crippen LogP contribution in [0.1, 0.15) is 35.2 Å². The third-order valence-electron chi connectivity index (χ3n) is 4.43. The smallest absolute Gasteiger partial charge is 0.164 e. The van der Waals surface area contributed by atoms with E-state index in [9.17, 15) is 4.79 Å². The van der Waals surface area contributed by atoms with Gasteiger partial charge in [-0.25, -0.2) is 0 Å². The van der Waals surface area contributed by atoms with Crippen molar-refractivity contribution < 1.29 is 4.79 Å². The van der Waals surface area contributed by atoms with E-state index in [0.717, 1.165) is 36.7 Å². The lowest BCUT2D eigenvalue weighted by atomic mass is 9.96. The molecule has 0 atom stereocenters. The highest BCUT2D eigenvalue weighted by molar-refractivity contribution is 5.97. The number of likely N-dealkylation sites (tertiary alicyclic amines) is 1. The van der Waals surface area contributed by atoms with Crippen LogP contribution in [0.15, 0.2) is 24.3 Å². The summed E-state index contributed by atoms with van der Waals surface area (Å²) in [5, 5.41) is 0. The number of carbonyl (C=O) groups is 1. The molecular formula is C18H28N2O. The highest BCUT2D eigenvalue weighted by atomic mass is 16.1. The van der Waals surface area contributed by atoms with E-state index in [0.29, 0.717) is 6.42 Å². The summed E-state index contributed by atoms with van der Waals surface area (Å²) in [6.45, 7) is 6.39. The largest absolute Gasteiger partial charge is 0.309 e. The van der Waals surface area contributed by atoms with Gasteiger partial charge in [-0.3, -0.25) is 4.79 Å². The van der Waals surface area contributed by atoms with Gasteiger partial charge in [0.1, 0.15) is 0 Å². The summed E-state index contributed by atoms with van der Waals surface area (Å²) in [5.74, 6) is 1.10. The first kappa shape index (κ1) is 16.2. The fourth-order valence-corrected chi connectivity index (χ4v) is 3.19. The van der Waals surface area contributed by atoms with E-state index < -0.39 is 0 Å². The molecule has 0 spiro atoms. The van der Waals surface area contributed by atoms with Crippen molar-refractivity contribution in [3.8, 4) is 0 Å². The minimum absolute atomic E-state index is 0.281. The van der Waals surface area contributed by atoms with E-state index in [1.54, 1.807) is 0 Å². The number of piperidine rings is 1. The summed E-state index contributed by atoms with van der Waals surface area (Å²) in [6, 6.07) is 7.90. The SMILES string of the molecule is Cc1ccccc1C(=O)CCN1CCC(CN(C)C)CC1. The van der Waals surface area contributed by atoms with Crippen molar-refractivity contribution in [3.63, 3.8) is 0 Å². The molecule has 1 fully saturated rings. The van der Waals surface area contributed by atoms with Crippen molar-refractivity contribution in [2.75, 3.05) is 40.3 Å². The van der Waals surface area contributed by atoms with Crippen LogP contribution in [0.25, 0.3) is 0 Å². The van der Waals surface area contributed by atoms with Gasteiger partial charge >= 0.3 is 0 Å². The van der Waals surface area contributed by atoms with Crippen LogP contribution in [-0.4, -0.2) is 55.9 Å². The Morgan fingerprint density at radius 1 is 1.24 bits per heavy atom. The molecule has 0 aliphatic carbocycles. The molecule has 2 rings (SSSR count). The number of carbonyl (C=O) groups excluding carboxylic acids is 1. The van der Waals surface area contributed by atoms with Crippen LogP contribution in [0.2, 0.25) is 0 Å². The Morgan fingerprint density at radius 2 is 1.90 bits per heavy atom. The van der Waals surface area contributed by atoms with E-state index in [1.165, 1.54) is 19.4 Å². The number of ketones is 1. The average Bonchev–Trinajstić information content (AvgIpc) is 2.46. The second-order valence-corrected chi connectivity index (χ2v) is 6.54. The quantitative estimate of drug-likeness (QED) is 0.752. The van der Waals surface area contributed by atoms with Crippen LogP contribution < -0.4 is 0 Å². The van der Waals surface area contributed by atoms with Gasteiger partial charge in [-0.05, 0) is 58.4 Å². The molecule has 21 heavy (non-hydrogen) atoms. The van der Waals surface area contributed by atoms with E-state index in [1.807, 2.05) is 31.2 Å². The Hall–Kier alpha value is -1.19. The number of hydrogen-bond acceptors (Lipinski definition) is 3. The molecule has 116 valence electrons. The summed E-state index contributed by atoms with van der Waals surface area (Å²) in [6.07, 6.45) is 3.16. The molecule has 0 aromatic heterocycles. The standard InChI is InChI=1S/C18H28N2O/c1-15-6-4-5-7-17(15)18(21)10-13-20-11-8-16(9-12-20)14-19(2)3/h4-7,16H,8-14H2,1-3H3. The zero-order valence-corrected chi connectivity index (χ0v) is 13.6. The van der Waals surface area contributed by atoms with Gasteiger partial charge in [-0.1, -0.05) is 24.3 Å². The van der Waals surface area contributed by atoms with Crippen molar-refractivity contribution in [2.45, 2.75) is 26.2 Å². The third-order valence-corrected chi connectivity index (χ3v) is 4.43. The zero-order valence-electron chi connectivity index (χ0n) is 13.6. The highest BCUT2D eigenvalue weighted by Gasteiger charge is 2.20. The average molecular weight is 288 g/mol. The van der Waals surface area contributed by atoms with Gasteiger partial charge in [-0.2, -0.15) is 0 Å². The predicted octanol–water partition coefficient (Wildman–Crippen LogP) is 2.84. The lowest BCUT2D eigenvalue weighted by Gasteiger charge is -2.33. The van der Waals surface area contributed by atoms with E-state index >= 15 is 0 Å². The number of Topliss-reactive ketones (excluding diaryl/α,β-unsaturated/α-hetero) is 1. The fraction of sp³-hybridized carbons (Fsp3) is 0.611. The fourth-order valence-electron chi connectivity index (χ4n) is 3.19. The van der Waals surface area contributed by atoms with Gasteiger partial charge in [0, 0.05) is 25.1 Å². The highest BCUT2D eigenvalue weighted by Crippen LogP contribution is 2.18. The molecule has 1 saturated heterocycles. The number of nitrogens with zero attached hydrogens (tertiary/aromatic N) is 2. The van der Waals surface area contributed by atoms with E-state index in [2.05, 4.69) is 23.9 Å². The minimum atomic E-state index is 0.281. The molecule has 1 aromatic carbocycles. The van der Waals surface area contributed by atoms with Crippen molar-refractivity contribution >= 4 is 5.78 Å². The summed E-state index contributed by atoms with van der Waals surface area (Å²) in [7, 11) is 4.29. The lowest BCUT2D eigenvalue weighted by Crippen LogP contribution is -2.38. The number of hydrogen-bond donors (Lipinski definition) is 0. The maximum atomic E-state index is 12.3. The van der Waals surface area contributed by atoms with Gasteiger partial charge in [0.25, 0.3) is 0 Å². The summed E-state index contributed by atoms with van der Waals surface area (Å²) < 4.78 is 0. The maximum absolute atomic E-state index is 12.3. The first-order chi connectivity index (χ1) is 10.1. The Morgan fingerprint density at radius 3 is 2.52 bits per heavy atom. The van der Waals surface area contributed by atoms with Crippen LogP contribution in [0.5, 0.6) is 0 Å². The normalized spacial score (nSPS) is 17.3. The van der Waals surface area contributed by atoms with Crippen LogP contribution in [0.4, 0.5) is 0 Å². The Bertz CT molecular complexity index is 462. The molecule has 0 radical (unpaired) electrons. The Kier molecular flexibility index (Phi) is 5.95. The molecule has 0 bridgehead atoms. The summed E-state index contributed by atoms with van der Waals surface area (Å²) in [5.41, 5.74) is 1.98. The predicted molar refractivity (Wildman–Crippen MR) is 87.8 cm³/mol. The molecule has 3 nitrogen and oxygen atoms in total. The Labute approximate surface area is 128 Å². The van der Waals surface area contributed by atoms with E-state index in [-0.39, 0.29) is 5.78 Å². The van der Waals surface area contributed by atoms with Crippen LogP contribution in [-0.2, 0) is 0 Å². The second kappa shape index (κ2) is 7.71. The molecule has 0 unspecified atom stereocenters. The molecule has 1 aliphatic heterocycles. The van der Waals surface area contributed by atoms with Crippen LogP contribution in [0, 0.1) is 12.8 Å². The molecule has 1 aromatic rings. The first-order valence-electron chi connectivity index (χ1n) is 8.02. The first-order valence-corrected chi connectivity index (χ1v) is 8.02. The number of rotatable bonds is 6. The molecule has 1 heterocycles. The van der Waals surface area contributed by atoms with Gasteiger partial charge in [0.05, 0.1) is 0 Å². The molecule has 3 heteroatoms. The van der Waals surface area contributed by atoms with E-state index in [4.69, 9.17) is 0 Å². The van der Waals surface area contributed by atoms with Crippen molar-refractivity contribution in [3.05, 3.63) is 35.4 Å². The third kappa shape index (κ3) is 4.94. The topological polar surface area (TPSA) is 23.6 Å². The summed E-state index contributed by atoms with van der Waals surface area (Å²) in [4.78, 5) is 17.0. The van der Waals surface area contributed by atoms with Gasteiger partial charge in [0.15, 0.2) is 5.78 Å². The molecular weight excluding hydrogens is 260 g/mol. The lowest BCUT2D eigenvalue weighted by molar-refractivity contribution is 0.0946. The van der Waals surface area contributed by atoms with Crippen molar-refractivity contribution in [1.29, 1.82) is 0 Å². The van der Waals surface area contributed by atoms with Gasteiger partial charge in [-0.15, -0.1) is 0 Å². The molecule has 0 saturated carbocycles. The molecule has 1 aliphatic rings. The van der Waals surface area contributed by atoms with Gasteiger partial charge in [0.2, 0.25) is 0 Å². The zero-order chi connectivity index (χ0) is 15.2. The monoisotopic (exact) mass is 288 g/mol. The molecule has 0 N–H and O–H groups in total. The molecule has 0 amide bonds. The maximum Gasteiger partial charge on any atom is 0.164 e. The van der Waals surface area contributed by atoms with Crippen LogP contribution in [0.3, 0.4) is 0 Å². The minimum Gasteiger partial charge on any atom is -0.309 e. The summed E-state index contributed by atoms with van der Waals surface area (Å²) >= 11 is 0. The number of aryl methyl sites for hydroxylation is 1. The number of benzene rings is 1. The van der Waals surface area contributed by atoms with Gasteiger partial charge < -0.3 is 9.80 Å².